The molecule has 0 fully saturated rings. The fraction of sp³-hybridized carbons (Fsp3) is 0. The first-order chi connectivity index (χ1) is 25.1. The van der Waals surface area contributed by atoms with E-state index in [9.17, 15) is 39.6 Å². The number of carboxylic acids is 4. The van der Waals surface area contributed by atoms with Gasteiger partial charge in [0.2, 0.25) is 0 Å². The molecule has 6 N–H and O–H groups in total. The Morgan fingerprint density at radius 2 is 0.679 bits per heavy atom. The minimum atomic E-state index is -1.98. The van der Waals surface area contributed by atoms with Gasteiger partial charge in [0.1, 0.15) is 22.6 Å². The summed E-state index contributed by atoms with van der Waals surface area (Å²) in [5.74, 6) is -7.17. The van der Waals surface area contributed by atoms with Gasteiger partial charge in [-0.2, -0.15) is 0 Å². The van der Waals surface area contributed by atoms with Crippen molar-refractivity contribution in [2.24, 2.45) is 0 Å². The second-order valence-electron chi connectivity index (χ2n) is 11.7. The molecular weight excluding hydrogens is 736 g/mol. The standard InChI is InChI=1S/C36H18N8O8.Cu/c45-33(46)21-19-20(22(34(47)48)24(36(51)52)23(21)35(49)50)32-43-30-18-12-6-4-10-16(18)28(41-30)39-26-14-8-2-1-7-13(14)25(37-26)38-27-15-9-3-5-11-17(15)29(40-27)42-31(19)44-32;/h1-12H,(H,45,46)(H,47,48)(H,49,50)(H,51,52)(H2,37,38,39,40,41,42,43,44);. The maximum absolute atomic E-state index is 12.9. The van der Waals surface area contributed by atoms with Gasteiger partial charge in [0.05, 0.1) is 22.3 Å². The van der Waals surface area contributed by atoms with Crippen LogP contribution in [0.2, 0.25) is 0 Å². The molecule has 261 valence electrons. The van der Waals surface area contributed by atoms with Crippen molar-refractivity contribution in [2.75, 3.05) is 0 Å². The van der Waals surface area contributed by atoms with Crippen LogP contribution in [0.1, 0.15) is 41.4 Å². The number of nitrogens with one attached hydrogen (secondary N) is 2. The van der Waals surface area contributed by atoms with Crippen LogP contribution in [0.4, 0.5) is 0 Å². The van der Waals surface area contributed by atoms with Crippen LogP contribution >= 0.6 is 0 Å². The molecule has 5 heterocycles. The number of hydrogen-bond donors (Lipinski definition) is 6. The van der Waals surface area contributed by atoms with E-state index in [2.05, 4.69) is 29.9 Å². The number of aromatic amines is 2. The van der Waals surface area contributed by atoms with E-state index in [1.54, 1.807) is 48.5 Å². The van der Waals surface area contributed by atoms with Gasteiger partial charge in [0, 0.05) is 60.9 Å². The topological polar surface area (TPSA) is 258 Å². The molecule has 9 rings (SSSR count). The molecule has 8 bridgehead atoms. The number of fused-ring (bicyclic) bond motifs is 20. The molecule has 0 saturated heterocycles. The van der Waals surface area contributed by atoms with Crippen molar-refractivity contribution in [1.29, 1.82) is 0 Å². The third-order valence-electron chi connectivity index (χ3n) is 8.85. The zero-order valence-electron chi connectivity index (χ0n) is 26.3. The average molecular weight is 754 g/mol. The van der Waals surface area contributed by atoms with Gasteiger partial charge in [-0.1, -0.05) is 72.8 Å². The maximum atomic E-state index is 12.9. The van der Waals surface area contributed by atoms with Gasteiger partial charge in [-0.05, 0) is 0 Å². The molecule has 0 unspecified atom stereocenters. The van der Waals surface area contributed by atoms with Crippen molar-refractivity contribution >= 4 is 68.0 Å². The summed E-state index contributed by atoms with van der Waals surface area (Å²) in [6.45, 7) is 0. The number of nitrogens with zero attached hydrogens (tertiary/aromatic N) is 6. The van der Waals surface area contributed by atoms with Crippen molar-refractivity contribution in [3.8, 4) is 45.6 Å². The Kier molecular flexibility index (Phi) is 7.35. The van der Waals surface area contributed by atoms with E-state index in [0.29, 0.717) is 33.5 Å². The molecule has 1 radical (unpaired) electrons. The molecule has 0 spiro atoms. The predicted octanol–water partition coefficient (Wildman–Crippen LogP) is 5.66. The molecule has 4 aromatic carbocycles. The monoisotopic (exact) mass is 753 g/mol. The van der Waals surface area contributed by atoms with Crippen LogP contribution in [0.3, 0.4) is 0 Å². The van der Waals surface area contributed by atoms with Crippen molar-refractivity contribution in [2.45, 2.75) is 0 Å². The molecule has 16 nitrogen and oxygen atoms in total. The number of carboxylic acid groups (broad SMARTS) is 4. The fourth-order valence-corrected chi connectivity index (χ4v) is 6.76. The van der Waals surface area contributed by atoms with E-state index in [-0.39, 0.29) is 51.7 Å². The summed E-state index contributed by atoms with van der Waals surface area (Å²) in [7, 11) is 0. The number of rotatable bonds is 4. The summed E-state index contributed by atoms with van der Waals surface area (Å²) in [5, 5.41) is 41.7. The molecule has 0 amide bonds. The summed E-state index contributed by atoms with van der Waals surface area (Å²) in [5.41, 5.74) is -2.31. The maximum Gasteiger partial charge on any atom is 0.337 e. The summed E-state index contributed by atoms with van der Waals surface area (Å²) < 4.78 is 0. The van der Waals surface area contributed by atoms with Crippen LogP contribution in [-0.2, 0) is 17.1 Å². The zero-order chi connectivity index (χ0) is 36.0. The first-order valence-corrected chi connectivity index (χ1v) is 15.4. The van der Waals surface area contributed by atoms with Crippen LogP contribution in [0.5, 0.6) is 0 Å². The van der Waals surface area contributed by atoms with E-state index in [0.717, 1.165) is 10.8 Å². The Labute approximate surface area is 304 Å². The Balaban J connectivity index is 0.00000400. The van der Waals surface area contributed by atoms with Crippen LogP contribution in [0, 0.1) is 0 Å². The Morgan fingerprint density at radius 1 is 0.396 bits per heavy atom. The van der Waals surface area contributed by atoms with Gasteiger partial charge >= 0.3 is 23.9 Å². The van der Waals surface area contributed by atoms with E-state index in [1.807, 2.05) is 24.3 Å². The van der Waals surface area contributed by atoms with Crippen molar-refractivity contribution in [1.82, 2.24) is 39.9 Å². The Hall–Kier alpha value is -7.36. The SMILES string of the molecule is O=C(O)c1c(C(=O)O)c(C(=O)O)c2c3nc4nc(nc5[nH]c(nc6nc(nc([nH]3)c2c1C(=O)O)-c1ccccc1-6)c1ccccc51)-c1ccccc1-4.[Cu]. The summed E-state index contributed by atoms with van der Waals surface area (Å²) in [4.78, 5) is 85.4. The third-order valence-corrected chi connectivity index (χ3v) is 8.85. The second-order valence-corrected chi connectivity index (χ2v) is 11.7. The summed E-state index contributed by atoms with van der Waals surface area (Å²) in [6, 6.07) is 21.3. The fourth-order valence-electron chi connectivity index (χ4n) is 6.76. The van der Waals surface area contributed by atoms with Gasteiger partial charge in [-0.25, -0.2) is 49.1 Å². The van der Waals surface area contributed by atoms with Crippen LogP contribution in [0.25, 0.3) is 89.7 Å². The van der Waals surface area contributed by atoms with Crippen LogP contribution < -0.4 is 0 Å². The summed E-state index contributed by atoms with van der Waals surface area (Å²) in [6.07, 6.45) is 0. The molecular formula is C36H18CuN8O8. The number of carbonyl (C=O) groups is 4. The van der Waals surface area contributed by atoms with Gasteiger partial charge in [0.25, 0.3) is 0 Å². The van der Waals surface area contributed by atoms with Crippen molar-refractivity contribution in [3.05, 3.63) is 95.1 Å². The molecule has 2 aliphatic rings. The van der Waals surface area contributed by atoms with Crippen LogP contribution in [0.15, 0.2) is 72.8 Å². The van der Waals surface area contributed by atoms with Crippen molar-refractivity contribution in [3.63, 3.8) is 0 Å². The van der Waals surface area contributed by atoms with Gasteiger partial charge in [-0.3, -0.25) is 0 Å². The van der Waals surface area contributed by atoms with E-state index in [1.165, 1.54) is 0 Å². The minimum Gasteiger partial charge on any atom is -0.478 e. The van der Waals surface area contributed by atoms with E-state index >= 15 is 0 Å². The molecule has 7 aromatic rings. The molecule has 0 saturated carbocycles. The van der Waals surface area contributed by atoms with Crippen molar-refractivity contribution < 1.29 is 56.7 Å². The number of aromatic carboxylic acids is 4. The smallest absolute Gasteiger partial charge is 0.337 e. The van der Waals surface area contributed by atoms with Gasteiger partial charge in [-0.15, -0.1) is 0 Å². The quantitative estimate of drug-likeness (QED) is 0.119. The number of hydrogen-bond acceptors (Lipinski definition) is 10. The number of H-pyrrole nitrogens is 2. The Bertz CT molecular complexity index is 2810. The number of benzene rings is 4. The molecule has 17 heteroatoms. The average Bonchev–Trinajstić information content (AvgIpc) is 3.86. The van der Waals surface area contributed by atoms with Crippen LogP contribution in [-0.4, -0.2) is 84.2 Å². The number of aromatic nitrogens is 8. The minimum absolute atomic E-state index is 0. The van der Waals surface area contributed by atoms with Gasteiger partial charge in [0.15, 0.2) is 23.3 Å². The largest absolute Gasteiger partial charge is 0.478 e. The predicted molar refractivity (Wildman–Crippen MR) is 184 cm³/mol. The zero-order valence-corrected chi connectivity index (χ0v) is 27.3. The third kappa shape index (κ3) is 4.83. The summed E-state index contributed by atoms with van der Waals surface area (Å²) >= 11 is 0. The Morgan fingerprint density at radius 3 is 1.00 bits per heavy atom. The molecule has 2 aliphatic heterocycles. The first-order valence-electron chi connectivity index (χ1n) is 15.4. The van der Waals surface area contributed by atoms with E-state index < -0.39 is 56.9 Å². The normalized spacial score (nSPS) is 11.5. The second kappa shape index (κ2) is 11.9. The molecule has 0 aliphatic carbocycles. The molecule has 3 aromatic heterocycles. The molecule has 0 atom stereocenters. The first kappa shape index (κ1) is 32.8. The van der Waals surface area contributed by atoms with Gasteiger partial charge < -0.3 is 30.4 Å². The molecule has 53 heavy (non-hydrogen) atoms. The van der Waals surface area contributed by atoms with E-state index in [4.69, 9.17) is 9.97 Å².